The summed E-state index contributed by atoms with van der Waals surface area (Å²) in [4.78, 5) is 23.3. The lowest BCUT2D eigenvalue weighted by Crippen LogP contribution is -2.26. The lowest BCUT2D eigenvalue weighted by atomic mass is 9.98. The summed E-state index contributed by atoms with van der Waals surface area (Å²) in [6.07, 6.45) is 7.29. The number of hydrogen-bond donors (Lipinski definition) is 0. The highest BCUT2D eigenvalue weighted by atomic mass is 32.2. The van der Waals surface area contributed by atoms with Crippen LogP contribution in [0.25, 0.3) is 10.2 Å². The van der Waals surface area contributed by atoms with Gasteiger partial charge in [0.2, 0.25) is 0 Å². The van der Waals surface area contributed by atoms with Gasteiger partial charge in [-0.2, -0.15) is 0 Å². The Labute approximate surface area is 145 Å². The molecule has 1 atom stereocenters. The Balaban J connectivity index is 1.72. The maximum Gasteiger partial charge on any atom is 0.319 e. The van der Waals surface area contributed by atoms with Crippen molar-refractivity contribution >= 4 is 39.3 Å². The number of thiophene rings is 1. The molecule has 1 aliphatic rings. The van der Waals surface area contributed by atoms with E-state index in [1.54, 1.807) is 17.7 Å². The van der Waals surface area contributed by atoms with Crippen molar-refractivity contribution in [2.45, 2.75) is 69.3 Å². The van der Waals surface area contributed by atoms with E-state index in [2.05, 4.69) is 23.8 Å². The van der Waals surface area contributed by atoms with Crippen LogP contribution in [0.15, 0.2) is 11.4 Å². The standard InChI is InChI=1S/C17H22N2O2S2/c1-10-11(2)22-15-14(10)16(19-9-18-15)23-12(3)17(20)21-13-7-5-4-6-8-13/h9,12-13H,4-8H2,1-3H3/t12-/m1/s1. The number of carbonyl (C=O) groups is 1. The molecule has 0 aliphatic heterocycles. The van der Waals surface area contributed by atoms with Crippen LogP contribution in [0.1, 0.15) is 49.5 Å². The molecule has 124 valence electrons. The summed E-state index contributed by atoms with van der Waals surface area (Å²) >= 11 is 3.15. The van der Waals surface area contributed by atoms with Gasteiger partial charge in [-0.25, -0.2) is 9.97 Å². The number of esters is 1. The summed E-state index contributed by atoms with van der Waals surface area (Å²) in [6, 6.07) is 0. The molecule has 0 bridgehead atoms. The third kappa shape index (κ3) is 3.69. The highest BCUT2D eigenvalue weighted by Gasteiger charge is 2.24. The first-order valence-electron chi connectivity index (χ1n) is 8.14. The monoisotopic (exact) mass is 350 g/mol. The molecule has 0 amide bonds. The third-order valence-corrected chi connectivity index (χ3v) is 6.58. The van der Waals surface area contributed by atoms with Gasteiger partial charge >= 0.3 is 5.97 Å². The zero-order valence-corrected chi connectivity index (χ0v) is 15.4. The second-order valence-electron chi connectivity index (χ2n) is 6.10. The van der Waals surface area contributed by atoms with E-state index in [0.29, 0.717) is 0 Å². The van der Waals surface area contributed by atoms with E-state index in [1.807, 2.05) is 6.92 Å². The van der Waals surface area contributed by atoms with Crippen molar-refractivity contribution < 1.29 is 9.53 Å². The molecule has 1 aliphatic carbocycles. The SMILES string of the molecule is Cc1sc2ncnc(S[C@H](C)C(=O)OC3CCCCC3)c2c1C. The van der Waals surface area contributed by atoms with Gasteiger partial charge in [-0.05, 0) is 52.0 Å². The Morgan fingerprint density at radius 1 is 1.30 bits per heavy atom. The van der Waals surface area contributed by atoms with E-state index < -0.39 is 0 Å². The van der Waals surface area contributed by atoms with Crippen molar-refractivity contribution in [1.82, 2.24) is 9.97 Å². The van der Waals surface area contributed by atoms with E-state index in [9.17, 15) is 4.79 Å². The molecule has 0 aromatic carbocycles. The molecular formula is C17H22N2O2S2. The maximum absolute atomic E-state index is 12.4. The van der Waals surface area contributed by atoms with Crippen LogP contribution in [-0.2, 0) is 9.53 Å². The third-order valence-electron chi connectivity index (χ3n) is 4.39. The number of hydrogen-bond acceptors (Lipinski definition) is 6. The molecule has 0 N–H and O–H groups in total. The number of fused-ring (bicyclic) bond motifs is 1. The van der Waals surface area contributed by atoms with Crippen LogP contribution in [0.3, 0.4) is 0 Å². The van der Waals surface area contributed by atoms with Crippen LogP contribution in [0.2, 0.25) is 0 Å². The van der Waals surface area contributed by atoms with Crippen molar-refractivity contribution in [3.05, 3.63) is 16.8 Å². The predicted molar refractivity (Wildman–Crippen MR) is 95.2 cm³/mol. The molecule has 0 unspecified atom stereocenters. The second-order valence-corrected chi connectivity index (χ2v) is 8.63. The lowest BCUT2D eigenvalue weighted by molar-refractivity contribution is -0.149. The van der Waals surface area contributed by atoms with E-state index in [0.717, 1.165) is 28.1 Å². The number of thioether (sulfide) groups is 1. The van der Waals surface area contributed by atoms with E-state index in [4.69, 9.17) is 4.74 Å². The molecule has 1 fully saturated rings. The fourth-order valence-electron chi connectivity index (χ4n) is 2.90. The second kappa shape index (κ2) is 7.18. The summed E-state index contributed by atoms with van der Waals surface area (Å²) in [5, 5.41) is 1.71. The van der Waals surface area contributed by atoms with Gasteiger partial charge in [0.05, 0.1) is 0 Å². The van der Waals surface area contributed by atoms with Crippen molar-refractivity contribution in [3.8, 4) is 0 Å². The highest BCUT2D eigenvalue weighted by Crippen LogP contribution is 2.36. The van der Waals surface area contributed by atoms with E-state index in [-0.39, 0.29) is 17.3 Å². The van der Waals surface area contributed by atoms with E-state index in [1.165, 1.54) is 41.5 Å². The minimum absolute atomic E-state index is 0.106. The van der Waals surface area contributed by atoms with Gasteiger partial charge in [-0.1, -0.05) is 18.2 Å². The van der Waals surface area contributed by atoms with Crippen LogP contribution >= 0.6 is 23.1 Å². The molecule has 3 rings (SSSR count). The molecule has 23 heavy (non-hydrogen) atoms. The Kier molecular flexibility index (Phi) is 5.21. The molecule has 0 spiro atoms. The molecular weight excluding hydrogens is 328 g/mol. The quantitative estimate of drug-likeness (QED) is 0.456. The van der Waals surface area contributed by atoms with Gasteiger partial charge in [0.25, 0.3) is 0 Å². The minimum Gasteiger partial charge on any atom is -0.462 e. The largest absolute Gasteiger partial charge is 0.462 e. The Morgan fingerprint density at radius 2 is 2.04 bits per heavy atom. The molecule has 2 aromatic rings. The van der Waals surface area contributed by atoms with Gasteiger partial charge in [0.1, 0.15) is 27.5 Å². The fourth-order valence-corrected chi connectivity index (χ4v) is 4.92. The number of carbonyl (C=O) groups excluding carboxylic acids is 1. The molecule has 0 radical (unpaired) electrons. The zero-order chi connectivity index (χ0) is 16.4. The topological polar surface area (TPSA) is 52.1 Å². The van der Waals surface area contributed by atoms with Gasteiger partial charge < -0.3 is 4.74 Å². The molecule has 0 saturated heterocycles. The van der Waals surface area contributed by atoms with Crippen molar-refractivity contribution in [2.24, 2.45) is 0 Å². The normalized spacial score (nSPS) is 17.3. The van der Waals surface area contributed by atoms with Crippen molar-refractivity contribution in [3.63, 3.8) is 0 Å². The first-order valence-corrected chi connectivity index (χ1v) is 9.83. The number of ether oxygens (including phenoxy) is 1. The van der Waals surface area contributed by atoms with Crippen molar-refractivity contribution in [2.75, 3.05) is 0 Å². The van der Waals surface area contributed by atoms with Gasteiger partial charge in [-0.3, -0.25) is 4.79 Å². The smallest absolute Gasteiger partial charge is 0.319 e. The van der Waals surface area contributed by atoms with Crippen LogP contribution in [-0.4, -0.2) is 27.3 Å². The molecule has 2 aromatic heterocycles. The lowest BCUT2D eigenvalue weighted by Gasteiger charge is -2.23. The predicted octanol–water partition coefficient (Wildman–Crippen LogP) is 4.66. The summed E-state index contributed by atoms with van der Waals surface area (Å²) in [5.74, 6) is -0.127. The number of rotatable bonds is 4. The molecule has 1 saturated carbocycles. The Hall–Kier alpha value is -1.14. The molecule has 4 nitrogen and oxygen atoms in total. The zero-order valence-electron chi connectivity index (χ0n) is 13.8. The van der Waals surface area contributed by atoms with Gasteiger partial charge in [-0.15, -0.1) is 11.3 Å². The van der Waals surface area contributed by atoms with Crippen molar-refractivity contribution in [1.29, 1.82) is 0 Å². The summed E-state index contributed by atoms with van der Waals surface area (Å²) in [6.45, 7) is 6.09. The maximum atomic E-state index is 12.4. The number of aryl methyl sites for hydroxylation is 2. The van der Waals surface area contributed by atoms with Crippen LogP contribution in [0, 0.1) is 13.8 Å². The fraction of sp³-hybridized carbons (Fsp3) is 0.588. The van der Waals surface area contributed by atoms with Crippen LogP contribution < -0.4 is 0 Å². The first kappa shape index (κ1) is 16.7. The minimum atomic E-state index is -0.255. The molecule has 6 heteroatoms. The van der Waals surface area contributed by atoms with Crippen LogP contribution in [0.4, 0.5) is 0 Å². The first-order chi connectivity index (χ1) is 11.1. The van der Waals surface area contributed by atoms with E-state index >= 15 is 0 Å². The Morgan fingerprint density at radius 3 is 2.78 bits per heavy atom. The number of aromatic nitrogens is 2. The Bertz CT molecular complexity index is 708. The van der Waals surface area contributed by atoms with Crippen LogP contribution in [0.5, 0.6) is 0 Å². The summed E-state index contributed by atoms with van der Waals surface area (Å²) in [5.41, 5.74) is 1.21. The van der Waals surface area contributed by atoms with Gasteiger partial charge in [0, 0.05) is 10.3 Å². The van der Waals surface area contributed by atoms with Gasteiger partial charge in [0.15, 0.2) is 0 Å². The average Bonchev–Trinajstić information content (AvgIpc) is 2.84. The summed E-state index contributed by atoms with van der Waals surface area (Å²) < 4.78 is 5.67. The average molecular weight is 351 g/mol. The summed E-state index contributed by atoms with van der Waals surface area (Å²) in [7, 11) is 0. The molecule has 2 heterocycles. The highest BCUT2D eigenvalue weighted by molar-refractivity contribution is 8.00. The number of nitrogens with zero attached hydrogens (tertiary/aromatic N) is 2.